The molecule has 0 radical (unpaired) electrons. The molecule has 3 fully saturated rings. The number of nitrogens with zero attached hydrogens (tertiary/aromatic N) is 2. The summed E-state index contributed by atoms with van der Waals surface area (Å²) in [5, 5.41) is 0. The molecule has 2 saturated carbocycles. The summed E-state index contributed by atoms with van der Waals surface area (Å²) in [5.41, 5.74) is 6.62. The van der Waals surface area contributed by atoms with E-state index in [0.717, 1.165) is 32.1 Å². The fourth-order valence-corrected chi connectivity index (χ4v) is 4.12. The van der Waals surface area contributed by atoms with Crippen LogP contribution < -0.4 is 5.73 Å². The SMILES string of the molecule is CCOC1CC(N=C(N)N2CCCCCC2)C12CCC2. The molecule has 0 aromatic heterocycles. The first-order chi connectivity index (χ1) is 9.76. The van der Waals surface area contributed by atoms with Gasteiger partial charge in [-0.25, -0.2) is 4.99 Å². The fraction of sp³-hybridized carbons (Fsp3) is 0.938. The maximum atomic E-state index is 6.28. The van der Waals surface area contributed by atoms with Crippen LogP contribution in [0.1, 0.15) is 58.3 Å². The first kappa shape index (κ1) is 14.2. The van der Waals surface area contributed by atoms with Gasteiger partial charge in [0.15, 0.2) is 5.96 Å². The molecule has 0 aromatic rings. The molecular weight excluding hydrogens is 250 g/mol. The molecule has 0 bridgehead atoms. The third-order valence-electron chi connectivity index (χ3n) is 5.61. The van der Waals surface area contributed by atoms with Gasteiger partial charge < -0.3 is 15.4 Å². The standard InChI is InChI=1S/C16H29N3O/c1-2-20-14-12-13(16(14)8-7-9-16)18-15(17)19-10-5-3-4-6-11-19/h13-14H,2-12H2,1H3,(H2,17,18). The van der Waals surface area contributed by atoms with E-state index in [1.807, 2.05) is 0 Å². The molecule has 2 aliphatic carbocycles. The predicted octanol–water partition coefficient (Wildman–Crippen LogP) is 2.52. The molecule has 2 atom stereocenters. The lowest BCUT2D eigenvalue weighted by Crippen LogP contribution is -2.61. The largest absolute Gasteiger partial charge is 0.378 e. The molecule has 0 amide bonds. The first-order valence-electron chi connectivity index (χ1n) is 8.46. The van der Waals surface area contributed by atoms with Gasteiger partial charge in [0, 0.05) is 25.1 Å². The Balaban J connectivity index is 1.63. The van der Waals surface area contributed by atoms with Gasteiger partial charge in [-0.1, -0.05) is 19.3 Å². The van der Waals surface area contributed by atoms with Crippen molar-refractivity contribution in [2.75, 3.05) is 19.7 Å². The molecule has 0 aromatic carbocycles. The van der Waals surface area contributed by atoms with Gasteiger partial charge in [0.05, 0.1) is 12.1 Å². The van der Waals surface area contributed by atoms with Crippen molar-refractivity contribution in [3.05, 3.63) is 0 Å². The topological polar surface area (TPSA) is 50.9 Å². The quantitative estimate of drug-likeness (QED) is 0.638. The summed E-state index contributed by atoms with van der Waals surface area (Å²) in [6.07, 6.45) is 10.6. The van der Waals surface area contributed by atoms with Gasteiger partial charge in [-0.05, 0) is 39.0 Å². The lowest BCUT2D eigenvalue weighted by Gasteiger charge is -2.59. The van der Waals surface area contributed by atoms with Crippen molar-refractivity contribution in [2.45, 2.75) is 70.4 Å². The summed E-state index contributed by atoms with van der Waals surface area (Å²) >= 11 is 0. The Hall–Kier alpha value is -0.770. The van der Waals surface area contributed by atoms with Gasteiger partial charge in [0.1, 0.15) is 0 Å². The maximum Gasteiger partial charge on any atom is 0.191 e. The molecule has 1 spiro atoms. The van der Waals surface area contributed by atoms with Crippen LogP contribution in [-0.4, -0.2) is 42.7 Å². The van der Waals surface area contributed by atoms with Gasteiger partial charge in [-0.3, -0.25) is 0 Å². The van der Waals surface area contributed by atoms with Crippen molar-refractivity contribution >= 4 is 5.96 Å². The van der Waals surface area contributed by atoms with Gasteiger partial charge in [0.2, 0.25) is 0 Å². The smallest absolute Gasteiger partial charge is 0.191 e. The molecule has 1 aliphatic heterocycles. The van der Waals surface area contributed by atoms with Crippen molar-refractivity contribution in [3.63, 3.8) is 0 Å². The van der Waals surface area contributed by atoms with Gasteiger partial charge in [-0.15, -0.1) is 0 Å². The Labute approximate surface area is 122 Å². The Bertz CT molecular complexity index is 357. The molecule has 1 saturated heterocycles. The number of hydrogen-bond acceptors (Lipinski definition) is 2. The van der Waals surface area contributed by atoms with Crippen LogP contribution in [0.5, 0.6) is 0 Å². The van der Waals surface area contributed by atoms with Gasteiger partial charge in [0.25, 0.3) is 0 Å². The molecule has 3 aliphatic rings. The molecule has 20 heavy (non-hydrogen) atoms. The van der Waals surface area contributed by atoms with Crippen LogP contribution in [0.2, 0.25) is 0 Å². The number of nitrogens with two attached hydrogens (primary N) is 1. The first-order valence-corrected chi connectivity index (χ1v) is 8.46. The Morgan fingerprint density at radius 2 is 1.90 bits per heavy atom. The second-order valence-electron chi connectivity index (χ2n) is 6.67. The highest BCUT2D eigenvalue weighted by Crippen LogP contribution is 2.58. The zero-order chi connectivity index (χ0) is 14.0. The van der Waals surface area contributed by atoms with Crippen LogP contribution in [0.25, 0.3) is 0 Å². The fourth-order valence-electron chi connectivity index (χ4n) is 4.12. The molecule has 2 unspecified atom stereocenters. The molecule has 2 N–H and O–H groups in total. The Kier molecular flexibility index (Phi) is 4.20. The van der Waals surface area contributed by atoms with E-state index in [1.54, 1.807) is 0 Å². The summed E-state index contributed by atoms with van der Waals surface area (Å²) in [4.78, 5) is 7.19. The van der Waals surface area contributed by atoms with Crippen LogP contribution in [0.3, 0.4) is 0 Å². The minimum atomic E-state index is 0.340. The Morgan fingerprint density at radius 1 is 1.20 bits per heavy atom. The molecule has 4 nitrogen and oxygen atoms in total. The second-order valence-corrected chi connectivity index (χ2v) is 6.67. The minimum Gasteiger partial charge on any atom is -0.378 e. The zero-order valence-electron chi connectivity index (χ0n) is 12.8. The van der Waals surface area contributed by atoms with Crippen molar-refractivity contribution in [3.8, 4) is 0 Å². The summed E-state index contributed by atoms with van der Waals surface area (Å²) in [7, 11) is 0. The van der Waals surface area contributed by atoms with E-state index >= 15 is 0 Å². The van der Waals surface area contributed by atoms with Gasteiger partial charge >= 0.3 is 0 Å². The van der Waals surface area contributed by atoms with E-state index in [0.29, 0.717) is 17.6 Å². The van der Waals surface area contributed by atoms with Crippen LogP contribution in [-0.2, 0) is 4.74 Å². The monoisotopic (exact) mass is 279 g/mol. The predicted molar refractivity (Wildman–Crippen MR) is 81.8 cm³/mol. The summed E-state index contributed by atoms with van der Waals surface area (Å²) in [6.45, 7) is 5.09. The highest BCUT2D eigenvalue weighted by molar-refractivity contribution is 5.78. The van der Waals surface area contributed by atoms with Crippen molar-refractivity contribution in [1.29, 1.82) is 0 Å². The maximum absolute atomic E-state index is 6.28. The van der Waals surface area contributed by atoms with E-state index in [-0.39, 0.29) is 0 Å². The summed E-state index contributed by atoms with van der Waals surface area (Å²) < 4.78 is 5.89. The zero-order valence-corrected chi connectivity index (χ0v) is 12.8. The molecule has 114 valence electrons. The van der Waals surface area contributed by atoms with Crippen molar-refractivity contribution < 1.29 is 4.74 Å². The third-order valence-corrected chi connectivity index (χ3v) is 5.61. The van der Waals surface area contributed by atoms with E-state index < -0.39 is 0 Å². The number of rotatable bonds is 3. The lowest BCUT2D eigenvalue weighted by molar-refractivity contribution is -0.162. The van der Waals surface area contributed by atoms with Crippen molar-refractivity contribution in [1.82, 2.24) is 4.90 Å². The number of likely N-dealkylation sites (tertiary alicyclic amines) is 1. The molecule has 4 heteroatoms. The molecule has 1 heterocycles. The average molecular weight is 279 g/mol. The van der Waals surface area contributed by atoms with Crippen LogP contribution >= 0.6 is 0 Å². The second kappa shape index (κ2) is 5.92. The Morgan fingerprint density at radius 3 is 2.45 bits per heavy atom. The van der Waals surface area contributed by atoms with Crippen LogP contribution in [0.4, 0.5) is 0 Å². The van der Waals surface area contributed by atoms with Crippen LogP contribution in [0, 0.1) is 5.41 Å². The molecule has 3 rings (SSSR count). The van der Waals surface area contributed by atoms with E-state index in [2.05, 4.69) is 11.8 Å². The van der Waals surface area contributed by atoms with E-state index in [9.17, 15) is 0 Å². The van der Waals surface area contributed by atoms with Gasteiger partial charge in [-0.2, -0.15) is 0 Å². The summed E-state index contributed by atoms with van der Waals surface area (Å²) in [5.74, 6) is 0.790. The number of aliphatic imine (C=N–C) groups is 1. The normalized spacial score (nSPS) is 33.5. The third kappa shape index (κ3) is 2.43. The number of hydrogen-bond donors (Lipinski definition) is 1. The lowest BCUT2D eigenvalue weighted by atomic mass is 9.51. The minimum absolute atomic E-state index is 0.340. The summed E-state index contributed by atoms with van der Waals surface area (Å²) in [6, 6.07) is 0.413. The van der Waals surface area contributed by atoms with Crippen LogP contribution in [0.15, 0.2) is 4.99 Å². The van der Waals surface area contributed by atoms with Crippen molar-refractivity contribution in [2.24, 2.45) is 16.1 Å². The van der Waals surface area contributed by atoms with E-state index in [1.165, 1.54) is 44.9 Å². The average Bonchev–Trinajstić information content (AvgIpc) is 2.64. The highest BCUT2D eigenvalue weighted by atomic mass is 16.5. The molecular formula is C16H29N3O. The van der Waals surface area contributed by atoms with E-state index in [4.69, 9.17) is 15.5 Å². The highest BCUT2D eigenvalue weighted by Gasteiger charge is 2.59. The number of ether oxygens (including phenoxy) is 1. The number of guanidine groups is 1.